The van der Waals surface area contributed by atoms with E-state index in [1.165, 1.54) is 0 Å². The van der Waals surface area contributed by atoms with Crippen molar-refractivity contribution in [1.29, 1.82) is 0 Å². The Balaban J connectivity index is 2.05. The second-order valence-corrected chi connectivity index (χ2v) is 6.30. The molecule has 0 unspecified atom stereocenters. The molecule has 0 atom stereocenters. The molecule has 0 aliphatic carbocycles. The van der Waals surface area contributed by atoms with Crippen LogP contribution in [0.25, 0.3) is 0 Å². The van der Waals surface area contributed by atoms with Crippen molar-refractivity contribution < 1.29 is 9.53 Å². The maximum atomic E-state index is 12.6. The van der Waals surface area contributed by atoms with Crippen LogP contribution in [0.5, 0.6) is 5.75 Å². The Morgan fingerprint density at radius 1 is 1.24 bits per heavy atom. The number of amides is 1. The van der Waals surface area contributed by atoms with Crippen LogP contribution in [0.4, 0.5) is 5.95 Å². The topological polar surface area (TPSA) is 67.4 Å². The summed E-state index contributed by atoms with van der Waals surface area (Å²) < 4.78 is 5.86. The van der Waals surface area contributed by atoms with Crippen molar-refractivity contribution in [2.24, 2.45) is 5.92 Å². The first-order valence-electron chi connectivity index (χ1n) is 8.53. The summed E-state index contributed by atoms with van der Waals surface area (Å²) in [5.41, 5.74) is 1.44. The highest BCUT2D eigenvalue weighted by atomic mass is 16.5. The molecule has 1 N–H and O–H groups in total. The van der Waals surface area contributed by atoms with Gasteiger partial charge in [-0.2, -0.15) is 0 Å². The fourth-order valence-electron chi connectivity index (χ4n) is 2.27. The van der Waals surface area contributed by atoms with Gasteiger partial charge in [0.1, 0.15) is 5.75 Å². The monoisotopic (exact) mass is 342 g/mol. The maximum Gasteiger partial charge on any atom is 0.257 e. The number of nitrogens with one attached hydrogen (secondary N) is 1. The molecular weight excluding hydrogens is 316 g/mol. The Bertz CT molecular complexity index is 686. The first kappa shape index (κ1) is 18.7. The van der Waals surface area contributed by atoms with Gasteiger partial charge in [-0.05, 0) is 18.9 Å². The normalized spacial score (nSPS) is 10.6. The SMILES string of the molecule is CCNc1ncc(C(=O)N(C)Cc2ccccc2OCC(C)C)cn1. The van der Waals surface area contributed by atoms with Crippen LogP contribution in [0, 0.1) is 5.92 Å². The van der Waals surface area contributed by atoms with Gasteiger partial charge in [0, 0.05) is 38.1 Å². The number of carbonyl (C=O) groups is 1. The Labute approximate surface area is 149 Å². The van der Waals surface area contributed by atoms with Gasteiger partial charge in [0.2, 0.25) is 5.95 Å². The van der Waals surface area contributed by atoms with E-state index in [0.717, 1.165) is 17.9 Å². The zero-order valence-electron chi connectivity index (χ0n) is 15.3. The van der Waals surface area contributed by atoms with Gasteiger partial charge in [0.15, 0.2) is 0 Å². The summed E-state index contributed by atoms with van der Waals surface area (Å²) in [6.07, 6.45) is 3.09. The third-order valence-electron chi connectivity index (χ3n) is 3.53. The predicted octanol–water partition coefficient (Wildman–Crippen LogP) is 3.22. The van der Waals surface area contributed by atoms with E-state index in [9.17, 15) is 4.79 Å². The van der Waals surface area contributed by atoms with Gasteiger partial charge in [-0.3, -0.25) is 4.79 Å². The van der Waals surface area contributed by atoms with Gasteiger partial charge in [-0.1, -0.05) is 32.0 Å². The Hall–Kier alpha value is -2.63. The van der Waals surface area contributed by atoms with Crippen LogP contribution in [0.15, 0.2) is 36.7 Å². The van der Waals surface area contributed by atoms with Crippen molar-refractivity contribution in [3.05, 3.63) is 47.8 Å². The van der Waals surface area contributed by atoms with Gasteiger partial charge in [0.05, 0.1) is 12.2 Å². The van der Waals surface area contributed by atoms with E-state index in [4.69, 9.17) is 4.74 Å². The molecule has 6 nitrogen and oxygen atoms in total. The summed E-state index contributed by atoms with van der Waals surface area (Å²) in [4.78, 5) is 22.5. The first-order valence-corrected chi connectivity index (χ1v) is 8.53. The second-order valence-electron chi connectivity index (χ2n) is 6.30. The molecule has 0 aliphatic heterocycles. The number of anilines is 1. The summed E-state index contributed by atoms with van der Waals surface area (Å²) in [5.74, 6) is 1.66. The molecule has 25 heavy (non-hydrogen) atoms. The number of ether oxygens (including phenoxy) is 1. The number of carbonyl (C=O) groups excluding carboxylic acids is 1. The highest BCUT2D eigenvalue weighted by Gasteiger charge is 2.15. The van der Waals surface area contributed by atoms with E-state index in [2.05, 4.69) is 29.1 Å². The molecule has 1 aromatic carbocycles. The van der Waals surface area contributed by atoms with Crippen molar-refractivity contribution in [2.75, 3.05) is 25.5 Å². The molecule has 1 amide bonds. The molecule has 6 heteroatoms. The van der Waals surface area contributed by atoms with Gasteiger partial charge < -0.3 is 15.0 Å². The Morgan fingerprint density at radius 3 is 2.56 bits per heavy atom. The van der Waals surface area contributed by atoms with Crippen molar-refractivity contribution >= 4 is 11.9 Å². The van der Waals surface area contributed by atoms with E-state index < -0.39 is 0 Å². The fraction of sp³-hybridized carbons (Fsp3) is 0.421. The van der Waals surface area contributed by atoms with E-state index in [1.54, 1.807) is 24.3 Å². The number of hydrogen-bond donors (Lipinski definition) is 1. The van der Waals surface area contributed by atoms with E-state index >= 15 is 0 Å². The van der Waals surface area contributed by atoms with Gasteiger partial charge in [0.25, 0.3) is 5.91 Å². The number of hydrogen-bond acceptors (Lipinski definition) is 5. The molecular formula is C19H26N4O2. The smallest absolute Gasteiger partial charge is 0.257 e. The van der Waals surface area contributed by atoms with E-state index in [-0.39, 0.29) is 5.91 Å². The zero-order valence-corrected chi connectivity index (χ0v) is 15.3. The molecule has 2 rings (SSSR count). The van der Waals surface area contributed by atoms with Crippen LogP contribution in [-0.2, 0) is 6.54 Å². The largest absolute Gasteiger partial charge is 0.493 e. The third-order valence-corrected chi connectivity index (χ3v) is 3.53. The molecule has 0 saturated carbocycles. The second kappa shape index (κ2) is 9.01. The lowest BCUT2D eigenvalue weighted by Crippen LogP contribution is -2.27. The lowest BCUT2D eigenvalue weighted by molar-refractivity contribution is 0.0783. The Morgan fingerprint density at radius 2 is 1.92 bits per heavy atom. The van der Waals surface area contributed by atoms with E-state index in [1.807, 2.05) is 31.2 Å². The minimum Gasteiger partial charge on any atom is -0.493 e. The standard InChI is InChI=1S/C19H26N4O2/c1-5-20-19-21-10-16(11-22-19)18(24)23(4)12-15-8-6-7-9-17(15)25-13-14(2)3/h6-11,14H,5,12-13H2,1-4H3,(H,20,21,22). The quantitative estimate of drug-likeness (QED) is 0.798. The average molecular weight is 342 g/mol. The summed E-state index contributed by atoms with van der Waals surface area (Å²) >= 11 is 0. The fourth-order valence-corrected chi connectivity index (χ4v) is 2.27. The lowest BCUT2D eigenvalue weighted by atomic mass is 10.1. The zero-order chi connectivity index (χ0) is 18.2. The number of para-hydroxylation sites is 1. The van der Waals surface area contributed by atoms with Gasteiger partial charge in [-0.15, -0.1) is 0 Å². The highest BCUT2D eigenvalue weighted by molar-refractivity contribution is 5.93. The highest BCUT2D eigenvalue weighted by Crippen LogP contribution is 2.21. The van der Waals surface area contributed by atoms with Gasteiger partial charge >= 0.3 is 0 Å². The third kappa shape index (κ3) is 5.45. The first-order chi connectivity index (χ1) is 12.0. The minimum absolute atomic E-state index is 0.123. The summed E-state index contributed by atoms with van der Waals surface area (Å²) in [6.45, 7) is 8.02. The number of aromatic nitrogens is 2. The van der Waals surface area contributed by atoms with Crippen LogP contribution >= 0.6 is 0 Å². The van der Waals surface area contributed by atoms with Crippen LogP contribution < -0.4 is 10.1 Å². The van der Waals surface area contributed by atoms with Crippen molar-refractivity contribution in [2.45, 2.75) is 27.3 Å². The molecule has 1 aromatic heterocycles. The lowest BCUT2D eigenvalue weighted by Gasteiger charge is -2.20. The number of benzene rings is 1. The van der Waals surface area contributed by atoms with Crippen LogP contribution in [-0.4, -0.2) is 41.0 Å². The molecule has 2 aromatic rings. The van der Waals surface area contributed by atoms with Crippen LogP contribution in [0.2, 0.25) is 0 Å². The molecule has 0 spiro atoms. The van der Waals surface area contributed by atoms with E-state index in [0.29, 0.717) is 30.6 Å². The molecule has 0 radical (unpaired) electrons. The molecule has 0 saturated heterocycles. The van der Waals surface area contributed by atoms with Crippen LogP contribution in [0.3, 0.4) is 0 Å². The average Bonchev–Trinajstić information content (AvgIpc) is 2.61. The number of rotatable bonds is 8. The number of nitrogens with zero attached hydrogens (tertiary/aromatic N) is 3. The predicted molar refractivity (Wildman–Crippen MR) is 98.8 cm³/mol. The summed E-state index contributed by atoms with van der Waals surface area (Å²) in [5, 5.41) is 3.01. The molecule has 0 aliphatic rings. The molecule has 134 valence electrons. The minimum atomic E-state index is -0.123. The molecule has 0 bridgehead atoms. The molecule has 1 heterocycles. The maximum absolute atomic E-state index is 12.6. The van der Waals surface area contributed by atoms with Crippen molar-refractivity contribution in [3.63, 3.8) is 0 Å². The van der Waals surface area contributed by atoms with Crippen molar-refractivity contribution in [3.8, 4) is 5.75 Å². The van der Waals surface area contributed by atoms with Gasteiger partial charge in [-0.25, -0.2) is 9.97 Å². The van der Waals surface area contributed by atoms with Crippen molar-refractivity contribution in [1.82, 2.24) is 14.9 Å². The Kier molecular flexibility index (Phi) is 6.74. The van der Waals surface area contributed by atoms with Crippen LogP contribution in [0.1, 0.15) is 36.7 Å². The summed E-state index contributed by atoms with van der Waals surface area (Å²) in [6, 6.07) is 7.80. The summed E-state index contributed by atoms with van der Waals surface area (Å²) in [7, 11) is 1.76. The molecule has 0 fully saturated rings.